The number of carbonyl (C=O) groups is 5. The van der Waals surface area contributed by atoms with Gasteiger partial charge < -0.3 is 30.7 Å². The highest BCUT2D eigenvalue weighted by Gasteiger charge is 2.67. The molecular weight excluding hydrogens is 588 g/mol. The van der Waals surface area contributed by atoms with E-state index >= 15 is 0 Å². The predicted molar refractivity (Wildman–Crippen MR) is 171 cm³/mol. The maximum atomic E-state index is 14.0. The Morgan fingerprint density at radius 2 is 1.61 bits per heavy atom. The molecule has 11 nitrogen and oxygen atoms in total. The molecule has 5 rings (SSSR count). The molecule has 2 aliphatic carbocycles. The fourth-order valence-corrected chi connectivity index (χ4v) is 7.14. The van der Waals surface area contributed by atoms with Gasteiger partial charge in [-0.2, -0.15) is 0 Å². The van der Waals surface area contributed by atoms with E-state index in [-0.39, 0.29) is 31.1 Å². The van der Waals surface area contributed by atoms with Crippen LogP contribution in [0.1, 0.15) is 78.7 Å². The van der Waals surface area contributed by atoms with E-state index in [1.165, 1.54) is 7.11 Å². The molecule has 2 saturated carbocycles. The summed E-state index contributed by atoms with van der Waals surface area (Å²) in [5.41, 5.74) is -2.52. The zero-order valence-electron chi connectivity index (χ0n) is 27.6. The van der Waals surface area contributed by atoms with E-state index in [0.717, 1.165) is 29.2 Å². The predicted octanol–water partition coefficient (Wildman–Crippen LogP) is 3.67. The lowest BCUT2D eigenvalue weighted by atomic mass is 9.55. The lowest BCUT2D eigenvalue weighted by Gasteiger charge is -2.51. The van der Waals surface area contributed by atoms with Crippen LogP contribution in [0.25, 0.3) is 10.8 Å². The van der Waals surface area contributed by atoms with E-state index in [2.05, 4.69) is 21.3 Å². The number of ether oxygens (including phenoxy) is 2. The van der Waals surface area contributed by atoms with Crippen LogP contribution in [0.3, 0.4) is 0 Å². The third kappa shape index (κ3) is 7.29. The number of rotatable bonds is 10. The van der Waals surface area contributed by atoms with Crippen molar-refractivity contribution in [2.45, 2.75) is 108 Å². The van der Waals surface area contributed by atoms with Crippen molar-refractivity contribution < 1.29 is 33.4 Å². The second-order valence-electron chi connectivity index (χ2n) is 15.0. The summed E-state index contributed by atoms with van der Waals surface area (Å²) in [5.74, 6) is -1.60. The first-order valence-corrected chi connectivity index (χ1v) is 16.0. The first-order chi connectivity index (χ1) is 21.5. The van der Waals surface area contributed by atoms with Gasteiger partial charge in [0.1, 0.15) is 23.2 Å². The molecular formula is C35H46N4O7. The number of amides is 4. The number of hydrogen-bond donors (Lipinski definition) is 4. The van der Waals surface area contributed by atoms with Gasteiger partial charge in [-0.3, -0.25) is 14.4 Å². The first kappa shape index (κ1) is 33.2. The number of methoxy groups -OCH3 is 1. The molecule has 1 heterocycles. The second-order valence-corrected chi connectivity index (χ2v) is 15.0. The topological polar surface area (TPSA) is 152 Å². The van der Waals surface area contributed by atoms with Crippen LogP contribution >= 0.6 is 0 Å². The van der Waals surface area contributed by atoms with Gasteiger partial charge in [0.15, 0.2) is 0 Å². The molecule has 46 heavy (non-hydrogen) atoms. The highest BCUT2D eigenvalue weighted by atomic mass is 16.6. The number of hydrogen-bond acceptors (Lipinski definition) is 7. The maximum Gasteiger partial charge on any atom is 0.408 e. The van der Waals surface area contributed by atoms with Crippen molar-refractivity contribution in [3.8, 4) is 0 Å². The Morgan fingerprint density at radius 1 is 0.935 bits per heavy atom. The van der Waals surface area contributed by atoms with Crippen LogP contribution in [-0.4, -0.2) is 65.7 Å². The van der Waals surface area contributed by atoms with E-state index in [9.17, 15) is 24.0 Å². The number of alkyl carbamates (subject to hydrolysis) is 1. The summed E-state index contributed by atoms with van der Waals surface area (Å²) < 4.78 is 10.6. The molecule has 0 aromatic heterocycles. The molecule has 11 heteroatoms. The van der Waals surface area contributed by atoms with Crippen molar-refractivity contribution in [3.05, 3.63) is 48.0 Å². The molecule has 1 saturated heterocycles. The second kappa shape index (κ2) is 12.2. The average Bonchev–Trinajstić information content (AvgIpc) is 3.73. The van der Waals surface area contributed by atoms with Crippen LogP contribution in [0.4, 0.5) is 4.79 Å². The maximum absolute atomic E-state index is 14.0. The molecule has 3 aliphatic rings. The summed E-state index contributed by atoms with van der Waals surface area (Å²) in [7, 11) is 1.25. The molecule has 0 unspecified atom stereocenters. The summed E-state index contributed by atoms with van der Waals surface area (Å²) in [4.78, 5) is 66.7. The van der Waals surface area contributed by atoms with Gasteiger partial charge in [-0.1, -0.05) is 55.3 Å². The van der Waals surface area contributed by atoms with Gasteiger partial charge in [0.05, 0.1) is 12.5 Å². The summed E-state index contributed by atoms with van der Waals surface area (Å²) >= 11 is 0. The largest absolute Gasteiger partial charge is 0.467 e. The minimum Gasteiger partial charge on any atom is -0.467 e. The molecule has 2 aromatic carbocycles. The Hall–Kier alpha value is -4.15. The van der Waals surface area contributed by atoms with Crippen LogP contribution in [0.2, 0.25) is 0 Å². The monoisotopic (exact) mass is 634 g/mol. The van der Waals surface area contributed by atoms with Gasteiger partial charge in [-0.25, -0.2) is 9.59 Å². The number of esters is 1. The van der Waals surface area contributed by atoms with Crippen molar-refractivity contribution in [2.75, 3.05) is 7.11 Å². The molecule has 0 radical (unpaired) electrons. The summed E-state index contributed by atoms with van der Waals surface area (Å²) in [6.07, 6.45) is 2.39. The van der Waals surface area contributed by atoms with E-state index in [1.54, 1.807) is 20.8 Å². The molecule has 1 spiro atoms. The zero-order valence-corrected chi connectivity index (χ0v) is 27.6. The quantitative estimate of drug-likeness (QED) is 0.291. The van der Waals surface area contributed by atoms with Gasteiger partial charge in [0.2, 0.25) is 17.7 Å². The summed E-state index contributed by atoms with van der Waals surface area (Å²) in [6, 6.07) is 11.5. The summed E-state index contributed by atoms with van der Waals surface area (Å²) in [5, 5.41) is 13.4. The molecule has 248 valence electrons. The Kier molecular flexibility index (Phi) is 8.83. The molecule has 3 fully saturated rings. The van der Waals surface area contributed by atoms with Gasteiger partial charge in [0.25, 0.3) is 0 Å². The number of nitrogens with one attached hydrogen (secondary N) is 4. The van der Waals surface area contributed by atoms with E-state index in [0.29, 0.717) is 12.8 Å². The zero-order chi connectivity index (χ0) is 33.5. The van der Waals surface area contributed by atoms with Crippen molar-refractivity contribution in [3.63, 3.8) is 0 Å². The highest BCUT2D eigenvalue weighted by molar-refractivity contribution is 5.98. The first-order valence-electron chi connectivity index (χ1n) is 16.0. The average molecular weight is 635 g/mol. The van der Waals surface area contributed by atoms with Crippen LogP contribution in [0.5, 0.6) is 0 Å². The minimum absolute atomic E-state index is 0.113. The third-order valence-electron chi connectivity index (χ3n) is 9.14. The van der Waals surface area contributed by atoms with Crippen molar-refractivity contribution in [2.24, 2.45) is 11.3 Å². The van der Waals surface area contributed by atoms with E-state index < -0.39 is 58.1 Å². The fraction of sp³-hybridized carbons (Fsp3) is 0.571. The smallest absolute Gasteiger partial charge is 0.408 e. The Balaban J connectivity index is 1.36. The molecule has 1 aliphatic heterocycles. The Bertz CT molecular complexity index is 1530. The minimum atomic E-state index is -1.38. The van der Waals surface area contributed by atoms with Crippen molar-refractivity contribution in [1.82, 2.24) is 21.3 Å². The van der Waals surface area contributed by atoms with Crippen LogP contribution in [-0.2, 0) is 35.1 Å². The Morgan fingerprint density at radius 3 is 2.22 bits per heavy atom. The lowest BCUT2D eigenvalue weighted by Crippen LogP contribution is -2.70. The van der Waals surface area contributed by atoms with Gasteiger partial charge >= 0.3 is 12.1 Å². The van der Waals surface area contributed by atoms with E-state index in [4.69, 9.17) is 9.47 Å². The molecule has 2 aromatic rings. The standard InChI is InChI=1S/C35H46N4O7/c1-32(2,3)46-31(44)37-26(17-23-12-9-11-22-10-7-8-13-24(22)23)27(40)36-25(16-21-14-15-21)28(41)38-35(30(43)45-6)19-34(20-35)18-33(4,5)39-29(34)42/h7-13,21,25-26H,14-20H2,1-6H3,(H,36,40)(H,37,44)(H,38,41)(H,39,42)/t25-,26-,34?,35?/m0/s1. The number of fused-ring (bicyclic) bond motifs is 1. The van der Waals surface area contributed by atoms with Gasteiger partial charge in [-0.15, -0.1) is 0 Å². The third-order valence-corrected chi connectivity index (χ3v) is 9.14. The van der Waals surface area contributed by atoms with Crippen LogP contribution < -0.4 is 21.3 Å². The molecule has 4 amide bonds. The summed E-state index contributed by atoms with van der Waals surface area (Å²) in [6.45, 7) is 9.07. The van der Waals surface area contributed by atoms with Crippen LogP contribution in [0.15, 0.2) is 42.5 Å². The van der Waals surface area contributed by atoms with E-state index in [1.807, 2.05) is 56.3 Å². The SMILES string of the molecule is COC(=O)C1(NC(=O)[C@H](CC2CC2)NC(=O)[C@H](Cc2cccc3ccccc23)NC(=O)OC(C)(C)C)CC2(CC(C)(C)NC2=O)C1. The van der Waals surface area contributed by atoms with Crippen LogP contribution in [0, 0.1) is 11.3 Å². The normalized spacial score (nSPS) is 24.7. The fourth-order valence-electron chi connectivity index (χ4n) is 7.14. The van der Waals surface area contributed by atoms with Gasteiger partial charge in [-0.05, 0) is 82.6 Å². The van der Waals surface area contributed by atoms with Crippen molar-refractivity contribution in [1.29, 1.82) is 0 Å². The molecule has 4 N–H and O–H groups in total. The lowest BCUT2D eigenvalue weighted by molar-refractivity contribution is -0.166. The Labute approximate surface area is 269 Å². The molecule has 2 atom stereocenters. The highest BCUT2D eigenvalue weighted by Crippen LogP contribution is 2.56. The molecule has 0 bridgehead atoms. The van der Waals surface area contributed by atoms with Gasteiger partial charge in [0, 0.05) is 12.0 Å². The van der Waals surface area contributed by atoms with Crippen molar-refractivity contribution >= 4 is 40.6 Å². The number of carbonyl (C=O) groups excluding carboxylic acids is 5. The number of benzene rings is 2.